The van der Waals surface area contributed by atoms with Gasteiger partial charge >= 0.3 is 0 Å². The highest BCUT2D eigenvalue weighted by molar-refractivity contribution is 6.10. The van der Waals surface area contributed by atoms with Gasteiger partial charge in [-0.15, -0.1) is 0 Å². The second-order valence-electron chi connectivity index (χ2n) is 8.83. The van der Waals surface area contributed by atoms with E-state index in [4.69, 9.17) is 18.6 Å². The zero-order valence-electron chi connectivity index (χ0n) is 18.0. The summed E-state index contributed by atoms with van der Waals surface area (Å²) in [6, 6.07) is 20.5. The molecule has 1 aliphatic rings. The van der Waals surface area contributed by atoms with Crippen LogP contribution in [0.3, 0.4) is 0 Å². The van der Waals surface area contributed by atoms with E-state index in [1.165, 1.54) is 0 Å². The highest BCUT2D eigenvalue weighted by Crippen LogP contribution is 2.48. The van der Waals surface area contributed by atoms with Crippen molar-refractivity contribution in [3.05, 3.63) is 66.2 Å². The number of rotatable bonds is 3. The fourth-order valence-electron chi connectivity index (χ4n) is 4.01. The second-order valence-corrected chi connectivity index (χ2v) is 8.83. The van der Waals surface area contributed by atoms with Crippen LogP contribution in [0.5, 0.6) is 5.75 Å². The Kier molecular flexibility index (Phi) is 4.21. The Balaban J connectivity index is 1.77. The van der Waals surface area contributed by atoms with Gasteiger partial charge in [-0.25, -0.2) is 0 Å². The van der Waals surface area contributed by atoms with E-state index in [1.54, 1.807) is 7.11 Å². The maximum atomic E-state index is 6.50. The van der Waals surface area contributed by atoms with Crippen molar-refractivity contribution in [3.8, 4) is 16.9 Å². The van der Waals surface area contributed by atoms with Crippen molar-refractivity contribution in [3.63, 3.8) is 0 Å². The summed E-state index contributed by atoms with van der Waals surface area (Å²) >= 11 is 0. The number of hydrogen-bond acceptors (Lipinski definition) is 4. The largest absolute Gasteiger partial charge is 0.497 e. The molecule has 154 valence electrons. The third-order valence-electron chi connectivity index (χ3n) is 6.43. The number of ether oxygens (including phenoxy) is 3. The molecule has 0 atom stereocenters. The topological polar surface area (TPSA) is 40.8 Å². The SMILES string of the molecule is COc1cc(C2OC(C)(C)C(C)(C)O2)c2oc3c(-c4ccccc4)cccc3c2c1. The lowest BCUT2D eigenvalue weighted by Gasteiger charge is -2.30. The minimum atomic E-state index is -0.534. The van der Waals surface area contributed by atoms with Crippen LogP contribution in [0.1, 0.15) is 39.5 Å². The van der Waals surface area contributed by atoms with E-state index in [-0.39, 0.29) is 0 Å². The first kappa shape index (κ1) is 19.2. The number of para-hydroxylation sites is 1. The first-order valence-electron chi connectivity index (χ1n) is 10.2. The van der Waals surface area contributed by atoms with Gasteiger partial charge in [0.2, 0.25) is 0 Å². The van der Waals surface area contributed by atoms with Gasteiger partial charge in [0.25, 0.3) is 0 Å². The van der Waals surface area contributed by atoms with E-state index in [0.29, 0.717) is 0 Å². The van der Waals surface area contributed by atoms with Crippen LogP contribution in [0.25, 0.3) is 33.1 Å². The zero-order chi connectivity index (χ0) is 21.1. The summed E-state index contributed by atoms with van der Waals surface area (Å²) in [5.41, 5.74) is 3.77. The molecule has 3 aromatic carbocycles. The summed E-state index contributed by atoms with van der Waals surface area (Å²) in [7, 11) is 1.67. The molecule has 4 aromatic rings. The number of fused-ring (bicyclic) bond motifs is 3. The lowest BCUT2D eigenvalue weighted by molar-refractivity contribution is -0.0891. The standard InChI is InChI=1S/C26H26O4/c1-25(2)26(3,4)30-24(29-25)21-15-17(27-5)14-20-19-13-9-12-18(22(19)28-23(20)21)16-10-7-6-8-11-16/h6-15,24H,1-5H3. The van der Waals surface area contributed by atoms with Crippen molar-refractivity contribution in [2.24, 2.45) is 0 Å². The molecule has 5 rings (SSSR count). The van der Waals surface area contributed by atoms with Gasteiger partial charge in [-0.05, 0) is 45.4 Å². The summed E-state index contributed by atoms with van der Waals surface area (Å²) in [5, 5.41) is 2.04. The van der Waals surface area contributed by atoms with Crippen molar-refractivity contribution >= 4 is 21.9 Å². The highest BCUT2D eigenvalue weighted by atomic mass is 16.7. The normalized spacial score (nSPS) is 18.3. The van der Waals surface area contributed by atoms with E-state index in [1.807, 2.05) is 30.3 Å². The van der Waals surface area contributed by atoms with Crippen molar-refractivity contribution in [1.82, 2.24) is 0 Å². The van der Waals surface area contributed by atoms with Crippen LogP contribution < -0.4 is 4.74 Å². The van der Waals surface area contributed by atoms with Gasteiger partial charge < -0.3 is 18.6 Å². The summed E-state index contributed by atoms with van der Waals surface area (Å²) < 4.78 is 24.8. The molecule has 0 unspecified atom stereocenters. The summed E-state index contributed by atoms with van der Waals surface area (Å²) in [6.07, 6.45) is -0.534. The van der Waals surface area contributed by atoms with Crippen LogP contribution in [0.15, 0.2) is 65.1 Å². The van der Waals surface area contributed by atoms with Crippen LogP contribution in [0, 0.1) is 0 Å². The molecule has 0 aliphatic carbocycles. The second kappa shape index (κ2) is 6.59. The monoisotopic (exact) mass is 402 g/mol. The van der Waals surface area contributed by atoms with Crippen molar-refractivity contribution in [2.45, 2.75) is 45.2 Å². The van der Waals surface area contributed by atoms with Gasteiger partial charge in [0.05, 0.1) is 23.9 Å². The van der Waals surface area contributed by atoms with Crippen LogP contribution in [0.2, 0.25) is 0 Å². The molecule has 1 aromatic heterocycles. The summed E-state index contributed by atoms with van der Waals surface area (Å²) in [4.78, 5) is 0. The number of methoxy groups -OCH3 is 1. The maximum absolute atomic E-state index is 6.50. The van der Waals surface area contributed by atoms with E-state index < -0.39 is 17.5 Å². The van der Waals surface area contributed by atoms with E-state index in [9.17, 15) is 0 Å². The van der Waals surface area contributed by atoms with Crippen LogP contribution in [-0.2, 0) is 9.47 Å². The number of benzene rings is 3. The Morgan fingerprint density at radius 1 is 0.767 bits per heavy atom. The molecule has 0 spiro atoms. The molecule has 4 nitrogen and oxygen atoms in total. The lowest BCUT2D eigenvalue weighted by Crippen LogP contribution is -2.41. The first-order valence-corrected chi connectivity index (χ1v) is 10.2. The van der Waals surface area contributed by atoms with Crippen LogP contribution in [-0.4, -0.2) is 18.3 Å². The number of furan rings is 1. The molecular weight excluding hydrogens is 376 g/mol. The predicted molar refractivity (Wildman–Crippen MR) is 119 cm³/mol. The Morgan fingerprint density at radius 3 is 2.13 bits per heavy atom. The molecule has 0 bridgehead atoms. The quantitative estimate of drug-likeness (QED) is 0.375. The van der Waals surface area contributed by atoms with Gasteiger partial charge in [-0.2, -0.15) is 0 Å². The average molecular weight is 402 g/mol. The molecule has 0 radical (unpaired) electrons. The van der Waals surface area contributed by atoms with E-state index >= 15 is 0 Å². The fraction of sp³-hybridized carbons (Fsp3) is 0.308. The van der Waals surface area contributed by atoms with Crippen molar-refractivity contribution in [1.29, 1.82) is 0 Å². The Morgan fingerprint density at radius 2 is 1.47 bits per heavy atom. The van der Waals surface area contributed by atoms with Gasteiger partial charge in [-0.3, -0.25) is 0 Å². The van der Waals surface area contributed by atoms with Crippen LogP contribution >= 0.6 is 0 Å². The molecule has 2 heterocycles. The Bertz CT molecular complexity index is 1220. The molecule has 1 saturated heterocycles. The number of hydrogen-bond donors (Lipinski definition) is 0. The molecule has 1 fully saturated rings. The lowest BCUT2D eigenvalue weighted by atomic mass is 9.90. The minimum absolute atomic E-state index is 0.436. The minimum Gasteiger partial charge on any atom is -0.497 e. The van der Waals surface area contributed by atoms with Gasteiger partial charge in [0.15, 0.2) is 6.29 Å². The van der Waals surface area contributed by atoms with Gasteiger partial charge in [0, 0.05) is 16.3 Å². The third kappa shape index (κ3) is 2.83. The molecule has 0 amide bonds. The summed E-state index contributed by atoms with van der Waals surface area (Å²) in [6.45, 7) is 8.21. The molecule has 0 N–H and O–H groups in total. The molecule has 30 heavy (non-hydrogen) atoms. The Hall–Kier alpha value is -2.82. The highest BCUT2D eigenvalue weighted by Gasteiger charge is 2.50. The smallest absolute Gasteiger partial charge is 0.189 e. The van der Waals surface area contributed by atoms with Crippen LogP contribution in [0.4, 0.5) is 0 Å². The zero-order valence-corrected chi connectivity index (χ0v) is 18.0. The predicted octanol–water partition coefficient (Wildman–Crippen LogP) is 6.86. The average Bonchev–Trinajstić information content (AvgIpc) is 3.21. The summed E-state index contributed by atoms with van der Waals surface area (Å²) in [5.74, 6) is 0.750. The molecular formula is C26H26O4. The van der Waals surface area contributed by atoms with E-state index in [2.05, 4.69) is 58.0 Å². The molecule has 4 heteroatoms. The maximum Gasteiger partial charge on any atom is 0.189 e. The molecule has 1 aliphatic heterocycles. The van der Waals surface area contributed by atoms with Gasteiger partial charge in [0.1, 0.15) is 16.9 Å². The molecule has 0 saturated carbocycles. The van der Waals surface area contributed by atoms with Crippen molar-refractivity contribution < 1.29 is 18.6 Å². The Labute approximate surface area is 176 Å². The van der Waals surface area contributed by atoms with Crippen molar-refractivity contribution in [2.75, 3.05) is 7.11 Å². The van der Waals surface area contributed by atoms with Gasteiger partial charge in [-0.1, -0.05) is 48.5 Å². The third-order valence-corrected chi connectivity index (χ3v) is 6.43. The first-order chi connectivity index (χ1) is 14.3. The van der Waals surface area contributed by atoms with E-state index in [0.717, 1.165) is 44.4 Å². The fourth-order valence-corrected chi connectivity index (χ4v) is 4.01.